The highest BCUT2D eigenvalue weighted by Gasteiger charge is 2.18. The Hall–Kier alpha value is -3.49. The number of aromatic nitrogens is 4. The first-order valence-electron chi connectivity index (χ1n) is 7.50. The maximum Gasteiger partial charge on any atom is 0.264 e. The summed E-state index contributed by atoms with van der Waals surface area (Å²) in [6, 6.07) is 4.75. The molecule has 1 aliphatic rings. The van der Waals surface area contributed by atoms with Crippen molar-refractivity contribution in [1.82, 2.24) is 19.3 Å². The van der Waals surface area contributed by atoms with Crippen molar-refractivity contribution in [3.63, 3.8) is 0 Å². The number of carbonyl (C=O) groups excluding carboxylic acids is 2. The monoisotopic (exact) mass is 339 g/mol. The number of anilines is 1. The summed E-state index contributed by atoms with van der Waals surface area (Å²) < 4.78 is 7.99. The summed E-state index contributed by atoms with van der Waals surface area (Å²) in [5.41, 5.74) is 0.932. The number of hydrogen-bond donors (Lipinski definition) is 1. The fourth-order valence-electron chi connectivity index (χ4n) is 2.68. The summed E-state index contributed by atoms with van der Waals surface area (Å²) in [4.78, 5) is 40.5. The van der Waals surface area contributed by atoms with Crippen LogP contribution in [0.2, 0.25) is 0 Å². The van der Waals surface area contributed by atoms with Crippen molar-refractivity contribution in [2.24, 2.45) is 7.05 Å². The van der Waals surface area contributed by atoms with Gasteiger partial charge in [0.05, 0.1) is 18.4 Å². The predicted octanol–water partition coefficient (Wildman–Crippen LogP) is 0.344. The van der Waals surface area contributed by atoms with Gasteiger partial charge < -0.3 is 10.1 Å². The van der Waals surface area contributed by atoms with Gasteiger partial charge in [-0.25, -0.2) is 4.98 Å². The average Bonchev–Trinajstić information content (AvgIpc) is 2.98. The van der Waals surface area contributed by atoms with Crippen LogP contribution >= 0.6 is 0 Å². The Morgan fingerprint density at radius 3 is 3.04 bits per heavy atom. The highest BCUT2D eigenvalue weighted by molar-refractivity contribution is 6.00. The lowest BCUT2D eigenvalue weighted by atomic mass is 10.1. The molecule has 9 heteroatoms. The van der Waals surface area contributed by atoms with E-state index in [0.29, 0.717) is 28.0 Å². The summed E-state index contributed by atoms with van der Waals surface area (Å²) in [7, 11) is 1.69. The van der Waals surface area contributed by atoms with Crippen LogP contribution in [0, 0.1) is 0 Å². The van der Waals surface area contributed by atoms with Gasteiger partial charge in [-0.1, -0.05) is 0 Å². The standard InChI is InChI=1S/C16H13N5O4/c1-20-15-10(5-18-20)16(24)21(8-17-15)6-12(22)9-2-3-13-11(4-9)19-14(23)7-25-13/h2-5,8H,6-7H2,1H3,(H,19,23). The zero-order valence-electron chi connectivity index (χ0n) is 13.2. The summed E-state index contributed by atoms with van der Waals surface area (Å²) in [5, 5.41) is 6.99. The van der Waals surface area contributed by atoms with Gasteiger partial charge in [0.25, 0.3) is 11.5 Å². The first-order chi connectivity index (χ1) is 12.0. The molecule has 0 saturated carbocycles. The van der Waals surface area contributed by atoms with E-state index in [0.717, 1.165) is 0 Å². The smallest absolute Gasteiger partial charge is 0.264 e. The molecular formula is C16H13N5O4. The van der Waals surface area contributed by atoms with E-state index in [4.69, 9.17) is 4.74 Å². The zero-order chi connectivity index (χ0) is 17.6. The maximum atomic E-state index is 12.5. The molecule has 0 fully saturated rings. The summed E-state index contributed by atoms with van der Waals surface area (Å²) >= 11 is 0. The van der Waals surface area contributed by atoms with E-state index in [-0.39, 0.29) is 30.4 Å². The molecule has 2 aromatic heterocycles. The second kappa shape index (κ2) is 5.55. The van der Waals surface area contributed by atoms with Crippen molar-refractivity contribution in [2.45, 2.75) is 6.54 Å². The van der Waals surface area contributed by atoms with Gasteiger partial charge in [0.1, 0.15) is 17.5 Å². The molecule has 25 heavy (non-hydrogen) atoms. The van der Waals surface area contributed by atoms with Crippen molar-refractivity contribution in [2.75, 3.05) is 11.9 Å². The Balaban J connectivity index is 1.64. The molecule has 126 valence electrons. The van der Waals surface area contributed by atoms with Gasteiger partial charge in [-0.3, -0.25) is 23.6 Å². The topological polar surface area (TPSA) is 108 Å². The highest BCUT2D eigenvalue weighted by atomic mass is 16.5. The molecule has 1 aromatic carbocycles. The number of hydrogen-bond acceptors (Lipinski definition) is 6. The average molecular weight is 339 g/mol. The summed E-state index contributed by atoms with van der Waals surface area (Å²) in [5.74, 6) is -0.0546. The van der Waals surface area contributed by atoms with Crippen LogP contribution in [0.4, 0.5) is 5.69 Å². The Labute approximate surface area is 140 Å². The van der Waals surface area contributed by atoms with Gasteiger partial charge in [-0.05, 0) is 18.2 Å². The van der Waals surface area contributed by atoms with Crippen molar-refractivity contribution in [3.05, 3.63) is 46.6 Å². The minimum Gasteiger partial charge on any atom is -0.482 e. The molecule has 0 bridgehead atoms. The number of benzene rings is 1. The van der Waals surface area contributed by atoms with E-state index in [1.807, 2.05) is 0 Å². The van der Waals surface area contributed by atoms with E-state index < -0.39 is 0 Å². The van der Waals surface area contributed by atoms with E-state index >= 15 is 0 Å². The quantitative estimate of drug-likeness (QED) is 0.690. The van der Waals surface area contributed by atoms with E-state index in [1.165, 1.54) is 27.8 Å². The number of ketones is 1. The van der Waals surface area contributed by atoms with E-state index in [9.17, 15) is 14.4 Å². The first kappa shape index (κ1) is 15.1. The number of fused-ring (bicyclic) bond motifs is 2. The number of Topliss-reactive ketones (excluding diaryl/α,β-unsaturated/α-hetero) is 1. The fourth-order valence-corrected chi connectivity index (χ4v) is 2.68. The molecule has 0 atom stereocenters. The molecule has 0 aliphatic carbocycles. The van der Waals surface area contributed by atoms with Crippen LogP contribution in [0.1, 0.15) is 10.4 Å². The Kier molecular flexibility index (Phi) is 3.34. The maximum absolute atomic E-state index is 12.5. The number of amides is 1. The third kappa shape index (κ3) is 2.55. The molecule has 0 radical (unpaired) electrons. The normalized spacial score (nSPS) is 13.2. The number of nitrogens with one attached hydrogen (secondary N) is 1. The van der Waals surface area contributed by atoms with Crippen molar-refractivity contribution in [1.29, 1.82) is 0 Å². The van der Waals surface area contributed by atoms with Crippen LogP contribution in [0.25, 0.3) is 11.0 Å². The SMILES string of the molecule is Cn1ncc2c(=O)n(CC(=O)c3ccc4c(c3)NC(=O)CO4)cnc21. The van der Waals surface area contributed by atoms with Crippen molar-refractivity contribution < 1.29 is 14.3 Å². The number of carbonyl (C=O) groups is 2. The minimum atomic E-state index is -0.332. The molecular weight excluding hydrogens is 326 g/mol. The van der Waals surface area contributed by atoms with Crippen LogP contribution in [-0.2, 0) is 18.4 Å². The van der Waals surface area contributed by atoms with Crippen LogP contribution in [-0.4, -0.2) is 37.6 Å². The van der Waals surface area contributed by atoms with Crippen LogP contribution < -0.4 is 15.6 Å². The second-order valence-corrected chi connectivity index (χ2v) is 5.65. The molecule has 9 nitrogen and oxygen atoms in total. The van der Waals surface area contributed by atoms with Gasteiger partial charge in [0, 0.05) is 12.6 Å². The largest absolute Gasteiger partial charge is 0.482 e. The zero-order valence-corrected chi connectivity index (χ0v) is 13.2. The molecule has 1 amide bonds. The molecule has 1 aliphatic heterocycles. The Morgan fingerprint density at radius 1 is 1.36 bits per heavy atom. The van der Waals surface area contributed by atoms with Crippen LogP contribution in [0.3, 0.4) is 0 Å². The van der Waals surface area contributed by atoms with Crippen LogP contribution in [0.15, 0.2) is 35.5 Å². The summed E-state index contributed by atoms with van der Waals surface area (Å²) in [6.07, 6.45) is 2.75. The molecule has 1 N–H and O–H groups in total. The summed E-state index contributed by atoms with van der Waals surface area (Å²) in [6.45, 7) is -0.212. The predicted molar refractivity (Wildman–Crippen MR) is 87.7 cm³/mol. The van der Waals surface area contributed by atoms with Gasteiger partial charge >= 0.3 is 0 Å². The number of ether oxygens (including phenoxy) is 1. The van der Waals surface area contributed by atoms with Gasteiger partial charge in [-0.15, -0.1) is 0 Å². The highest BCUT2D eigenvalue weighted by Crippen LogP contribution is 2.28. The van der Waals surface area contributed by atoms with Gasteiger partial charge in [0.2, 0.25) is 0 Å². The Morgan fingerprint density at radius 2 is 2.20 bits per heavy atom. The van der Waals surface area contributed by atoms with Gasteiger partial charge in [-0.2, -0.15) is 5.10 Å². The lowest BCUT2D eigenvalue weighted by Crippen LogP contribution is -2.26. The van der Waals surface area contributed by atoms with Crippen molar-refractivity contribution in [3.8, 4) is 5.75 Å². The number of nitrogens with zero attached hydrogens (tertiary/aromatic N) is 4. The molecule has 4 rings (SSSR count). The van der Waals surface area contributed by atoms with Crippen LogP contribution in [0.5, 0.6) is 5.75 Å². The lowest BCUT2D eigenvalue weighted by molar-refractivity contribution is -0.118. The Bertz CT molecular complexity index is 1080. The minimum absolute atomic E-state index is 0.0491. The fraction of sp³-hybridized carbons (Fsp3) is 0.188. The third-order valence-corrected chi connectivity index (χ3v) is 3.97. The van der Waals surface area contributed by atoms with Crippen molar-refractivity contribution >= 4 is 28.4 Å². The van der Waals surface area contributed by atoms with Gasteiger partial charge in [0.15, 0.2) is 18.0 Å². The first-order valence-corrected chi connectivity index (χ1v) is 7.50. The third-order valence-electron chi connectivity index (χ3n) is 3.97. The van der Waals surface area contributed by atoms with E-state index in [1.54, 1.807) is 19.2 Å². The molecule has 0 spiro atoms. The number of rotatable bonds is 3. The lowest BCUT2D eigenvalue weighted by Gasteiger charge is -2.18. The molecule has 3 heterocycles. The molecule has 3 aromatic rings. The molecule has 0 saturated heterocycles. The second-order valence-electron chi connectivity index (χ2n) is 5.65. The molecule has 0 unspecified atom stereocenters. The van der Waals surface area contributed by atoms with E-state index in [2.05, 4.69) is 15.4 Å². The number of aryl methyl sites for hydroxylation is 1.